The standard InChI is InChI=1S/C11H12IO2/c1-7(2)8-4-9(11(13)14-3)6-10(12)5-8/h4-7H,1H2,2-3H3. The van der Waals surface area contributed by atoms with Crippen LogP contribution in [0.15, 0.2) is 18.2 Å². The van der Waals surface area contributed by atoms with Crippen molar-refractivity contribution >= 4 is 28.6 Å². The van der Waals surface area contributed by atoms with Crippen LogP contribution in [0.25, 0.3) is 0 Å². The summed E-state index contributed by atoms with van der Waals surface area (Å²) in [6, 6.07) is 5.65. The van der Waals surface area contributed by atoms with Gasteiger partial charge in [-0.05, 0) is 59.2 Å². The van der Waals surface area contributed by atoms with Gasteiger partial charge in [0.1, 0.15) is 0 Å². The third kappa shape index (κ3) is 2.70. The normalized spacial score (nSPS) is 10.4. The summed E-state index contributed by atoms with van der Waals surface area (Å²) in [5.74, 6) is -0.126. The first kappa shape index (κ1) is 11.5. The quantitative estimate of drug-likeness (QED) is 0.620. The average molecular weight is 303 g/mol. The van der Waals surface area contributed by atoms with Gasteiger partial charge in [0.25, 0.3) is 0 Å². The highest BCUT2D eigenvalue weighted by atomic mass is 127. The number of hydrogen-bond acceptors (Lipinski definition) is 2. The lowest BCUT2D eigenvalue weighted by Crippen LogP contribution is -2.03. The third-order valence-corrected chi connectivity index (χ3v) is 2.53. The smallest absolute Gasteiger partial charge is 0.337 e. The minimum atomic E-state index is -0.301. The van der Waals surface area contributed by atoms with Crippen LogP contribution in [0.3, 0.4) is 0 Å². The van der Waals surface area contributed by atoms with Crippen molar-refractivity contribution in [3.05, 3.63) is 39.8 Å². The van der Waals surface area contributed by atoms with E-state index in [1.165, 1.54) is 7.11 Å². The summed E-state index contributed by atoms with van der Waals surface area (Å²) in [6.07, 6.45) is 0. The van der Waals surface area contributed by atoms with E-state index in [1.54, 1.807) is 6.07 Å². The molecule has 0 amide bonds. The first-order chi connectivity index (χ1) is 6.54. The summed E-state index contributed by atoms with van der Waals surface area (Å²) in [6.45, 7) is 5.91. The zero-order valence-corrected chi connectivity index (χ0v) is 10.4. The van der Waals surface area contributed by atoms with Crippen molar-refractivity contribution in [2.45, 2.75) is 12.8 Å². The van der Waals surface area contributed by atoms with Crippen LogP contribution in [0.2, 0.25) is 0 Å². The molecule has 0 aromatic heterocycles. The fourth-order valence-electron chi connectivity index (χ4n) is 1.13. The lowest BCUT2D eigenvalue weighted by Gasteiger charge is -2.08. The zero-order chi connectivity index (χ0) is 10.7. The van der Waals surface area contributed by atoms with Crippen molar-refractivity contribution in [2.75, 3.05) is 7.11 Å². The van der Waals surface area contributed by atoms with Gasteiger partial charge >= 0.3 is 5.97 Å². The molecule has 0 fully saturated rings. The Morgan fingerprint density at radius 2 is 2.14 bits per heavy atom. The SMILES string of the molecule is [CH2]C(C)c1cc(I)cc(C(=O)OC)c1. The Morgan fingerprint density at radius 1 is 1.50 bits per heavy atom. The maximum absolute atomic E-state index is 11.3. The Morgan fingerprint density at radius 3 is 2.64 bits per heavy atom. The number of halogens is 1. The predicted molar refractivity (Wildman–Crippen MR) is 64.3 cm³/mol. The summed E-state index contributed by atoms with van der Waals surface area (Å²) in [4.78, 5) is 11.3. The van der Waals surface area contributed by atoms with Crippen LogP contribution in [-0.2, 0) is 4.74 Å². The number of carbonyl (C=O) groups excluding carboxylic acids is 1. The van der Waals surface area contributed by atoms with E-state index in [4.69, 9.17) is 0 Å². The highest BCUT2D eigenvalue weighted by Gasteiger charge is 2.09. The Balaban J connectivity index is 3.13. The summed E-state index contributed by atoms with van der Waals surface area (Å²) < 4.78 is 5.69. The van der Waals surface area contributed by atoms with Crippen LogP contribution in [0.5, 0.6) is 0 Å². The summed E-state index contributed by atoms with van der Waals surface area (Å²) in [7, 11) is 1.38. The number of methoxy groups -OCH3 is 1. The molecule has 0 aliphatic rings. The van der Waals surface area contributed by atoms with Crippen molar-refractivity contribution in [3.63, 3.8) is 0 Å². The van der Waals surface area contributed by atoms with Crippen molar-refractivity contribution in [2.24, 2.45) is 0 Å². The third-order valence-electron chi connectivity index (χ3n) is 1.91. The molecule has 14 heavy (non-hydrogen) atoms. The lowest BCUT2D eigenvalue weighted by atomic mass is 10.0. The van der Waals surface area contributed by atoms with E-state index >= 15 is 0 Å². The Labute approximate surface area is 97.8 Å². The molecule has 1 rings (SSSR count). The Hall–Kier alpha value is -0.580. The van der Waals surface area contributed by atoms with E-state index in [1.807, 2.05) is 19.1 Å². The maximum Gasteiger partial charge on any atom is 0.337 e. The summed E-state index contributed by atoms with van der Waals surface area (Å²) in [5, 5.41) is 0. The molecule has 0 spiro atoms. The molecule has 0 aliphatic carbocycles. The summed E-state index contributed by atoms with van der Waals surface area (Å²) in [5.41, 5.74) is 1.64. The number of rotatable bonds is 2. The molecule has 1 unspecified atom stereocenters. The van der Waals surface area contributed by atoms with Gasteiger partial charge in [-0.1, -0.05) is 6.92 Å². The Bertz CT molecular complexity index is 345. The molecule has 0 bridgehead atoms. The maximum atomic E-state index is 11.3. The molecule has 1 radical (unpaired) electrons. The topological polar surface area (TPSA) is 26.3 Å². The molecular weight excluding hydrogens is 291 g/mol. The highest BCUT2D eigenvalue weighted by molar-refractivity contribution is 14.1. The molecule has 0 heterocycles. The Kier molecular flexibility index (Phi) is 3.92. The molecule has 75 valence electrons. The van der Waals surface area contributed by atoms with Crippen molar-refractivity contribution < 1.29 is 9.53 Å². The molecular formula is C11H12IO2. The molecule has 0 N–H and O–H groups in total. The van der Waals surface area contributed by atoms with Crippen LogP contribution in [0, 0.1) is 10.5 Å². The second-order valence-corrected chi connectivity index (χ2v) is 4.41. The van der Waals surface area contributed by atoms with Crippen LogP contribution >= 0.6 is 22.6 Å². The van der Waals surface area contributed by atoms with Crippen LogP contribution < -0.4 is 0 Å². The number of esters is 1. The van der Waals surface area contributed by atoms with Crippen LogP contribution in [-0.4, -0.2) is 13.1 Å². The highest BCUT2D eigenvalue weighted by Crippen LogP contribution is 2.19. The van der Waals surface area contributed by atoms with Crippen LogP contribution in [0.1, 0.15) is 28.8 Å². The van der Waals surface area contributed by atoms with E-state index in [9.17, 15) is 4.79 Å². The minimum Gasteiger partial charge on any atom is -0.465 e. The van der Waals surface area contributed by atoms with Gasteiger partial charge in [0, 0.05) is 3.57 Å². The summed E-state index contributed by atoms with van der Waals surface area (Å²) >= 11 is 2.18. The van der Waals surface area contributed by atoms with Crippen molar-refractivity contribution in [1.82, 2.24) is 0 Å². The molecule has 0 aliphatic heterocycles. The average Bonchev–Trinajstić information content (AvgIpc) is 2.15. The number of carbonyl (C=O) groups is 1. The van der Waals surface area contributed by atoms with Gasteiger partial charge in [-0.2, -0.15) is 0 Å². The molecule has 1 aromatic rings. The lowest BCUT2D eigenvalue weighted by molar-refractivity contribution is 0.0600. The van der Waals surface area contributed by atoms with E-state index in [2.05, 4.69) is 34.3 Å². The first-order valence-corrected chi connectivity index (χ1v) is 5.34. The van der Waals surface area contributed by atoms with Crippen molar-refractivity contribution in [3.8, 4) is 0 Å². The molecule has 3 heteroatoms. The van der Waals surface area contributed by atoms with Gasteiger partial charge < -0.3 is 4.74 Å². The van der Waals surface area contributed by atoms with Gasteiger partial charge in [0.15, 0.2) is 0 Å². The zero-order valence-electron chi connectivity index (χ0n) is 8.21. The van der Waals surface area contributed by atoms with Gasteiger partial charge in [-0.3, -0.25) is 0 Å². The van der Waals surface area contributed by atoms with Gasteiger partial charge in [0.05, 0.1) is 12.7 Å². The number of ether oxygens (including phenoxy) is 1. The largest absolute Gasteiger partial charge is 0.465 e. The minimum absolute atomic E-state index is 0.174. The van der Waals surface area contributed by atoms with E-state index < -0.39 is 0 Å². The fourth-order valence-corrected chi connectivity index (χ4v) is 1.83. The number of hydrogen-bond donors (Lipinski definition) is 0. The van der Waals surface area contributed by atoms with E-state index in [0.717, 1.165) is 9.13 Å². The van der Waals surface area contributed by atoms with Crippen LogP contribution in [0.4, 0.5) is 0 Å². The van der Waals surface area contributed by atoms with E-state index in [0.29, 0.717) is 5.56 Å². The van der Waals surface area contributed by atoms with Gasteiger partial charge in [-0.15, -0.1) is 0 Å². The monoisotopic (exact) mass is 303 g/mol. The van der Waals surface area contributed by atoms with Gasteiger partial charge in [0.2, 0.25) is 0 Å². The molecule has 0 saturated heterocycles. The first-order valence-electron chi connectivity index (χ1n) is 4.26. The molecule has 0 saturated carbocycles. The number of benzene rings is 1. The predicted octanol–water partition coefficient (Wildman–Crippen LogP) is 3.02. The van der Waals surface area contributed by atoms with Crippen molar-refractivity contribution in [1.29, 1.82) is 0 Å². The molecule has 1 aromatic carbocycles. The second kappa shape index (κ2) is 4.77. The molecule has 1 atom stereocenters. The molecule has 2 nitrogen and oxygen atoms in total. The van der Waals surface area contributed by atoms with E-state index in [-0.39, 0.29) is 11.9 Å². The second-order valence-electron chi connectivity index (χ2n) is 3.17. The fraction of sp³-hybridized carbons (Fsp3) is 0.273. The van der Waals surface area contributed by atoms with Gasteiger partial charge in [-0.25, -0.2) is 4.79 Å².